The fourth-order valence-electron chi connectivity index (χ4n) is 3.78. The van der Waals surface area contributed by atoms with Crippen molar-refractivity contribution >= 4 is 64.5 Å². The summed E-state index contributed by atoms with van der Waals surface area (Å²) >= 11 is 5.54. The number of carbonyl (C=O) groups is 4. The van der Waals surface area contributed by atoms with Crippen LogP contribution < -0.4 is 21.3 Å². The highest BCUT2D eigenvalue weighted by Gasteiger charge is 2.36. The van der Waals surface area contributed by atoms with Crippen molar-refractivity contribution < 1.29 is 24.3 Å². The van der Waals surface area contributed by atoms with E-state index in [0.717, 1.165) is 10.8 Å². The number of anilines is 1. The number of carboxylic acids is 1. The Kier molecular flexibility index (Phi) is 11.7. The second-order valence-electron chi connectivity index (χ2n) is 9.12. The Balaban J connectivity index is 2.49. The molecule has 0 fully saturated rings. The van der Waals surface area contributed by atoms with Crippen molar-refractivity contribution in [1.29, 1.82) is 0 Å². The van der Waals surface area contributed by atoms with Crippen molar-refractivity contribution in [2.24, 2.45) is 11.7 Å². The van der Waals surface area contributed by atoms with Crippen LogP contribution in [0.15, 0.2) is 42.5 Å². The third-order valence-electron chi connectivity index (χ3n) is 6.00. The number of nitrogens with zero attached hydrogens (tertiary/aromatic N) is 1. The van der Waals surface area contributed by atoms with Crippen LogP contribution in [0.2, 0.25) is 0 Å². The largest absolute Gasteiger partial charge is 0.480 e. The second-order valence-corrected chi connectivity index (χ2v) is 10.5. The van der Waals surface area contributed by atoms with Gasteiger partial charge in [0.05, 0.1) is 6.04 Å². The third kappa shape index (κ3) is 8.11. The Bertz CT molecular complexity index is 1110. The zero-order chi connectivity index (χ0) is 27.7. The molecule has 0 aromatic heterocycles. The van der Waals surface area contributed by atoms with E-state index in [1.807, 2.05) is 36.6 Å². The van der Waals surface area contributed by atoms with E-state index in [0.29, 0.717) is 11.4 Å². The van der Waals surface area contributed by atoms with Gasteiger partial charge >= 0.3 is 5.97 Å². The molecule has 9 nitrogen and oxygen atoms in total. The number of benzene rings is 2. The Morgan fingerprint density at radius 3 is 2.24 bits per heavy atom. The van der Waals surface area contributed by atoms with E-state index in [1.54, 1.807) is 26.0 Å². The highest BCUT2D eigenvalue weighted by Crippen LogP contribution is 2.26. The number of amides is 3. The molecule has 4 atom stereocenters. The molecule has 0 aliphatic rings. The number of hydrogen-bond acceptors (Lipinski definition) is 7. The summed E-state index contributed by atoms with van der Waals surface area (Å²) in [6.07, 6.45) is 2.09. The van der Waals surface area contributed by atoms with Gasteiger partial charge in [0.25, 0.3) is 5.91 Å². The smallest absolute Gasteiger partial charge is 0.326 e. The minimum atomic E-state index is -1.15. The standard InChI is InChI=1S/C26H36N4O5S2/c1-15(2)22(29-24(32)20(27)14-36)25(33)30(19-10-9-17-7-5-6-8-18(17)13-19)16(3)23(31)28-21(26(34)35)11-12-37-4/h5-10,13,15-16,20-22,36H,11-12,14,27H2,1-4H3,(H,28,31)(H,29,32)(H,34,35)/t16-,20-,21-,22-/m0/s1. The summed E-state index contributed by atoms with van der Waals surface area (Å²) in [5, 5.41) is 16.7. The lowest BCUT2D eigenvalue weighted by molar-refractivity contribution is -0.142. The van der Waals surface area contributed by atoms with Crippen molar-refractivity contribution in [2.45, 2.75) is 51.4 Å². The quantitative estimate of drug-likeness (QED) is 0.242. The molecular weight excluding hydrogens is 512 g/mol. The maximum absolute atomic E-state index is 14.0. The number of carboxylic acid groups (broad SMARTS) is 1. The van der Waals surface area contributed by atoms with Gasteiger partial charge in [0, 0.05) is 11.4 Å². The van der Waals surface area contributed by atoms with E-state index in [2.05, 4.69) is 23.3 Å². The molecule has 0 bridgehead atoms. The molecule has 37 heavy (non-hydrogen) atoms. The highest BCUT2D eigenvalue weighted by molar-refractivity contribution is 7.98. The monoisotopic (exact) mass is 548 g/mol. The number of carbonyl (C=O) groups excluding carboxylic acids is 3. The minimum absolute atomic E-state index is 0.102. The van der Waals surface area contributed by atoms with Crippen molar-refractivity contribution in [3.8, 4) is 0 Å². The van der Waals surface area contributed by atoms with Crippen LogP contribution in [-0.2, 0) is 19.2 Å². The second kappa shape index (κ2) is 14.3. The molecule has 11 heteroatoms. The number of nitrogens with two attached hydrogens (primary N) is 1. The predicted octanol–water partition coefficient (Wildman–Crippen LogP) is 2.28. The molecule has 0 saturated heterocycles. The number of thioether (sulfide) groups is 1. The van der Waals surface area contributed by atoms with Gasteiger partial charge in [0.15, 0.2) is 0 Å². The predicted molar refractivity (Wildman–Crippen MR) is 152 cm³/mol. The number of nitrogens with one attached hydrogen (secondary N) is 2. The Hall–Kier alpha value is -2.76. The van der Waals surface area contributed by atoms with Crippen molar-refractivity contribution in [2.75, 3.05) is 22.7 Å². The van der Waals surface area contributed by atoms with E-state index >= 15 is 0 Å². The zero-order valence-corrected chi connectivity index (χ0v) is 23.2. The normalized spacial score (nSPS) is 14.5. The van der Waals surface area contributed by atoms with Gasteiger partial charge in [-0.25, -0.2) is 4.79 Å². The van der Waals surface area contributed by atoms with E-state index in [-0.39, 0.29) is 18.1 Å². The van der Waals surface area contributed by atoms with Crippen LogP contribution >= 0.6 is 24.4 Å². The molecule has 0 unspecified atom stereocenters. The molecule has 0 saturated carbocycles. The first kappa shape index (κ1) is 30.5. The maximum atomic E-state index is 14.0. The Morgan fingerprint density at radius 2 is 1.68 bits per heavy atom. The lowest BCUT2D eigenvalue weighted by atomic mass is 10.00. The number of thiol groups is 1. The van der Waals surface area contributed by atoms with Gasteiger partial charge in [0.2, 0.25) is 11.8 Å². The van der Waals surface area contributed by atoms with Crippen LogP contribution in [-0.4, -0.2) is 70.7 Å². The average molecular weight is 549 g/mol. The summed E-state index contributed by atoms with van der Waals surface area (Å²) < 4.78 is 0. The molecule has 0 aliphatic heterocycles. The lowest BCUT2D eigenvalue weighted by Crippen LogP contribution is -2.59. The van der Waals surface area contributed by atoms with Crippen molar-refractivity contribution in [3.63, 3.8) is 0 Å². The van der Waals surface area contributed by atoms with Crippen LogP contribution in [0.4, 0.5) is 5.69 Å². The molecule has 2 rings (SSSR count). The summed E-state index contributed by atoms with van der Waals surface area (Å²) in [6.45, 7) is 5.09. The van der Waals surface area contributed by atoms with Gasteiger partial charge in [-0.05, 0) is 54.2 Å². The van der Waals surface area contributed by atoms with Crippen LogP contribution in [0.3, 0.4) is 0 Å². The fourth-order valence-corrected chi connectivity index (χ4v) is 4.41. The lowest BCUT2D eigenvalue weighted by Gasteiger charge is -2.34. The van der Waals surface area contributed by atoms with Crippen molar-refractivity contribution in [3.05, 3.63) is 42.5 Å². The van der Waals surface area contributed by atoms with E-state index in [4.69, 9.17) is 5.73 Å². The molecule has 5 N–H and O–H groups in total. The summed E-state index contributed by atoms with van der Waals surface area (Å²) in [4.78, 5) is 52.8. The SMILES string of the molecule is CSCC[C@H](NC(=O)[C@H](C)N(C(=O)[C@@H](NC(=O)[C@@H](N)CS)C(C)C)c1ccc2ccccc2c1)C(=O)O. The molecule has 2 aromatic rings. The molecule has 0 aliphatic carbocycles. The Labute approximate surface area is 227 Å². The highest BCUT2D eigenvalue weighted by atomic mass is 32.2. The fraction of sp³-hybridized carbons (Fsp3) is 0.462. The number of fused-ring (bicyclic) bond motifs is 1. The molecule has 202 valence electrons. The van der Waals surface area contributed by atoms with Gasteiger partial charge < -0.3 is 21.5 Å². The number of hydrogen-bond donors (Lipinski definition) is 5. The molecule has 3 amide bonds. The van der Waals surface area contributed by atoms with Crippen LogP contribution in [0.1, 0.15) is 27.2 Å². The van der Waals surface area contributed by atoms with Crippen molar-refractivity contribution in [1.82, 2.24) is 10.6 Å². The summed E-state index contributed by atoms with van der Waals surface area (Å²) in [7, 11) is 0. The minimum Gasteiger partial charge on any atom is -0.480 e. The first-order valence-corrected chi connectivity index (χ1v) is 14.0. The number of rotatable bonds is 13. The maximum Gasteiger partial charge on any atom is 0.326 e. The van der Waals surface area contributed by atoms with Crippen LogP contribution in [0.5, 0.6) is 0 Å². The molecule has 0 spiro atoms. The summed E-state index contributed by atoms with van der Waals surface area (Å²) in [5.74, 6) is -2.47. The van der Waals surface area contributed by atoms with Gasteiger partial charge in [0.1, 0.15) is 18.1 Å². The Morgan fingerprint density at radius 1 is 1.03 bits per heavy atom. The van der Waals surface area contributed by atoms with Gasteiger partial charge in [-0.2, -0.15) is 24.4 Å². The molecular formula is C26H36N4O5S2. The molecule has 0 radical (unpaired) electrons. The van der Waals surface area contributed by atoms with Gasteiger partial charge in [-0.3, -0.25) is 19.3 Å². The van der Waals surface area contributed by atoms with E-state index < -0.39 is 47.9 Å². The third-order valence-corrected chi connectivity index (χ3v) is 7.04. The van der Waals surface area contributed by atoms with Crippen LogP contribution in [0.25, 0.3) is 10.8 Å². The van der Waals surface area contributed by atoms with E-state index in [1.165, 1.54) is 23.6 Å². The average Bonchev–Trinajstić information content (AvgIpc) is 2.88. The zero-order valence-electron chi connectivity index (χ0n) is 21.5. The molecule has 0 heterocycles. The van der Waals surface area contributed by atoms with Crippen LogP contribution in [0, 0.1) is 5.92 Å². The first-order chi connectivity index (χ1) is 17.5. The molecule has 2 aromatic carbocycles. The van der Waals surface area contributed by atoms with Gasteiger partial charge in [-0.1, -0.05) is 44.2 Å². The van der Waals surface area contributed by atoms with E-state index in [9.17, 15) is 24.3 Å². The number of aliphatic carboxylic acids is 1. The summed E-state index contributed by atoms with van der Waals surface area (Å²) in [5.41, 5.74) is 6.26. The summed E-state index contributed by atoms with van der Waals surface area (Å²) in [6, 6.07) is 8.91. The van der Waals surface area contributed by atoms with Gasteiger partial charge in [-0.15, -0.1) is 0 Å². The first-order valence-electron chi connectivity index (χ1n) is 12.0. The topological polar surface area (TPSA) is 142 Å².